The van der Waals surface area contributed by atoms with Gasteiger partial charge in [0.1, 0.15) is 0 Å². The van der Waals surface area contributed by atoms with E-state index in [1.807, 2.05) is 24.4 Å². The summed E-state index contributed by atoms with van der Waals surface area (Å²) in [7, 11) is 0. The number of aromatic nitrogens is 1. The predicted molar refractivity (Wildman–Crippen MR) is 74.2 cm³/mol. The van der Waals surface area contributed by atoms with E-state index < -0.39 is 0 Å². The van der Waals surface area contributed by atoms with Crippen LogP contribution in [0, 0.1) is 6.92 Å². The highest BCUT2D eigenvalue weighted by atomic mass is 32.1. The molecule has 4 heteroatoms. The minimum atomic E-state index is -0.0837. The molecule has 3 nitrogen and oxygen atoms in total. The molecule has 1 amide bonds. The lowest BCUT2D eigenvalue weighted by atomic mass is 10.2. The molecule has 0 aliphatic heterocycles. The van der Waals surface area contributed by atoms with Gasteiger partial charge in [-0.1, -0.05) is 0 Å². The molecule has 0 fully saturated rings. The van der Waals surface area contributed by atoms with Crippen molar-refractivity contribution in [3.8, 4) is 0 Å². The zero-order chi connectivity index (χ0) is 12.8. The lowest BCUT2D eigenvalue weighted by Crippen LogP contribution is -2.19. The van der Waals surface area contributed by atoms with Crippen molar-refractivity contribution in [1.82, 2.24) is 10.3 Å². The van der Waals surface area contributed by atoms with Crippen LogP contribution >= 0.6 is 11.3 Å². The second-order valence-corrected chi connectivity index (χ2v) is 4.86. The van der Waals surface area contributed by atoms with Crippen LogP contribution in [0.4, 0.5) is 0 Å². The summed E-state index contributed by atoms with van der Waals surface area (Å²) in [6.07, 6.45) is 6.72. The van der Waals surface area contributed by atoms with Crippen molar-refractivity contribution >= 4 is 23.3 Å². The lowest BCUT2D eigenvalue weighted by Gasteiger charge is -2.00. The van der Waals surface area contributed by atoms with Crippen LogP contribution in [0.3, 0.4) is 0 Å². The van der Waals surface area contributed by atoms with Crippen molar-refractivity contribution < 1.29 is 4.79 Å². The van der Waals surface area contributed by atoms with Crippen LogP contribution in [-0.2, 0) is 11.3 Å². The Hall–Kier alpha value is -1.94. The second kappa shape index (κ2) is 6.12. The van der Waals surface area contributed by atoms with Gasteiger partial charge < -0.3 is 5.32 Å². The Morgan fingerprint density at radius 3 is 2.83 bits per heavy atom. The molecule has 0 aromatic carbocycles. The molecule has 2 heterocycles. The number of thiophene rings is 1. The fourth-order valence-corrected chi connectivity index (χ4v) is 2.30. The summed E-state index contributed by atoms with van der Waals surface area (Å²) in [4.78, 5) is 16.7. The quantitative estimate of drug-likeness (QED) is 0.857. The minimum Gasteiger partial charge on any atom is -0.348 e. The Morgan fingerprint density at radius 1 is 1.39 bits per heavy atom. The summed E-state index contributed by atoms with van der Waals surface area (Å²) in [5.74, 6) is -0.0837. The normalized spacial score (nSPS) is 10.7. The van der Waals surface area contributed by atoms with Crippen LogP contribution in [0.5, 0.6) is 0 Å². The van der Waals surface area contributed by atoms with Crippen molar-refractivity contribution in [1.29, 1.82) is 0 Å². The van der Waals surface area contributed by atoms with Gasteiger partial charge in [-0.05, 0) is 47.7 Å². The number of amides is 1. The Bertz CT molecular complexity index is 546. The van der Waals surface area contributed by atoms with Gasteiger partial charge in [-0.3, -0.25) is 9.78 Å². The largest absolute Gasteiger partial charge is 0.348 e. The van der Waals surface area contributed by atoms with Crippen molar-refractivity contribution in [3.05, 3.63) is 58.1 Å². The van der Waals surface area contributed by atoms with E-state index in [0.29, 0.717) is 6.54 Å². The van der Waals surface area contributed by atoms with Gasteiger partial charge in [0.15, 0.2) is 0 Å². The molecule has 2 rings (SSSR count). The molecule has 2 aromatic heterocycles. The van der Waals surface area contributed by atoms with E-state index in [1.54, 1.807) is 29.8 Å². The standard InChI is InChI=1S/C14H14N2OS/c1-11-6-9-18-13(11)10-16-14(17)3-2-12-4-7-15-8-5-12/h2-9H,10H2,1H3,(H,16,17). The number of aryl methyl sites for hydroxylation is 1. The molecule has 1 N–H and O–H groups in total. The SMILES string of the molecule is Cc1ccsc1CNC(=O)C=Cc1ccncc1. The summed E-state index contributed by atoms with van der Waals surface area (Å²) < 4.78 is 0. The molecule has 0 bridgehead atoms. The van der Waals surface area contributed by atoms with Gasteiger partial charge in [-0.2, -0.15) is 0 Å². The molecule has 0 spiro atoms. The smallest absolute Gasteiger partial charge is 0.244 e. The van der Waals surface area contributed by atoms with E-state index >= 15 is 0 Å². The number of pyridine rings is 1. The second-order valence-electron chi connectivity index (χ2n) is 3.86. The first-order chi connectivity index (χ1) is 8.75. The molecule has 2 aromatic rings. The van der Waals surface area contributed by atoms with Crippen molar-refractivity contribution in [2.45, 2.75) is 13.5 Å². The number of carbonyl (C=O) groups is 1. The van der Waals surface area contributed by atoms with Crippen LogP contribution in [0.15, 0.2) is 42.0 Å². The third-order valence-electron chi connectivity index (χ3n) is 2.52. The molecule has 0 atom stereocenters. The Balaban J connectivity index is 1.86. The monoisotopic (exact) mass is 258 g/mol. The van der Waals surface area contributed by atoms with Crippen LogP contribution in [-0.4, -0.2) is 10.9 Å². The Morgan fingerprint density at radius 2 is 2.17 bits per heavy atom. The molecular formula is C14H14N2OS. The van der Waals surface area contributed by atoms with Gasteiger partial charge in [-0.15, -0.1) is 11.3 Å². The van der Waals surface area contributed by atoms with E-state index in [1.165, 1.54) is 16.5 Å². The summed E-state index contributed by atoms with van der Waals surface area (Å²) in [6, 6.07) is 5.76. The fraction of sp³-hybridized carbons (Fsp3) is 0.143. The highest BCUT2D eigenvalue weighted by Gasteiger charge is 2.01. The highest BCUT2D eigenvalue weighted by molar-refractivity contribution is 7.10. The molecule has 0 saturated heterocycles. The maximum atomic E-state index is 11.6. The van der Waals surface area contributed by atoms with Gasteiger partial charge in [0, 0.05) is 23.3 Å². The predicted octanol–water partition coefficient (Wildman–Crippen LogP) is 2.78. The highest BCUT2D eigenvalue weighted by Crippen LogP contribution is 2.14. The van der Waals surface area contributed by atoms with E-state index in [0.717, 1.165) is 5.56 Å². The van der Waals surface area contributed by atoms with Crippen LogP contribution in [0.2, 0.25) is 0 Å². The van der Waals surface area contributed by atoms with Gasteiger partial charge in [0.2, 0.25) is 5.91 Å². The van der Waals surface area contributed by atoms with Gasteiger partial charge >= 0.3 is 0 Å². The Kier molecular flexibility index (Phi) is 4.25. The number of nitrogens with one attached hydrogen (secondary N) is 1. The van der Waals surface area contributed by atoms with Crippen LogP contribution in [0.1, 0.15) is 16.0 Å². The average molecular weight is 258 g/mol. The van der Waals surface area contributed by atoms with Gasteiger partial charge in [-0.25, -0.2) is 0 Å². The molecule has 18 heavy (non-hydrogen) atoms. The first-order valence-electron chi connectivity index (χ1n) is 5.64. The average Bonchev–Trinajstić information content (AvgIpc) is 2.81. The van der Waals surface area contributed by atoms with E-state index in [9.17, 15) is 4.79 Å². The molecule has 0 saturated carbocycles. The first kappa shape index (κ1) is 12.5. The molecule has 0 aliphatic rings. The summed E-state index contributed by atoms with van der Waals surface area (Å²) in [6.45, 7) is 2.63. The number of nitrogens with zero attached hydrogens (tertiary/aromatic N) is 1. The maximum absolute atomic E-state index is 11.6. The molecule has 92 valence electrons. The van der Waals surface area contributed by atoms with E-state index in [-0.39, 0.29) is 5.91 Å². The maximum Gasteiger partial charge on any atom is 0.244 e. The van der Waals surface area contributed by atoms with Gasteiger partial charge in [0.25, 0.3) is 0 Å². The summed E-state index contributed by atoms with van der Waals surface area (Å²) in [5.41, 5.74) is 2.19. The number of hydrogen-bond donors (Lipinski definition) is 1. The Labute approximate surface area is 110 Å². The molecular weight excluding hydrogens is 244 g/mol. The first-order valence-corrected chi connectivity index (χ1v) is 6.52. The van der Waals surface area contributed by atoms with E-state index in [4.69, 9.17) is 0 Å². The molecule has 0 unspecified atom stereocenters. The zero-order valence-electron chi connectivity index (χ0n) is 10.1. The molecule has 0 radical (unpaired) electrons. The number of carbonyl (C=O) groups excluding carboxylic acids is 1. The third-order valence-corrected chi connectivity index (χ3v) is 3.55. The zero-order valence-corrected chi connectivity index (χ0v) is 10.9. The van der Waals surface area contributed by atoms with E-state index in [2.05, 4.69) is 16.4 Å². The fourth-order valence-electron chi connectivity index (χ4n) is 1.46. The topological polar surface area (TPSA) is 42.0 Å². The lowest BCUT2D eigenvalue weighted by molar-refractivity contribution is -0.116. The van der Waals surface area contributed by atoms with Crippen LogP contribution < -0.4 is 5.32 Å². The number of hydrogen-bond acceptors (Lipinski definition) is 3. The molecule has 0 aliphatic carbocycles. The van der Waals surface area contributed by atoms with Crippen molar-refractivity contribution in [2.75, 3.05) is 0 Å². The summed E-state index contributed by atoms with van der Waals surface area (Å²) in [5, 5.41) is 4.90. The van der Waals surface area contributed by atoms with Crippen LogP contribution in [0.25, 0.3) is 6.08 Å². The third kappa shape index (κ3) is 3.53. The minimum absolute atomic E-state index is 0.0837. The van der Waals surface area contributed by atoms with Gasteiger partial charge in [0.05, 0.1) is 6.54 Å². The van der Waals surface area contributed by atoms with Crippen molar-refractivity contribution in [3.63, 3.8) is 0 Å². The summed E-state index contributed by atoms with van der Waals surface area (Å²) >= 11 is 1.66. The number of rotatable bonds is 4. The van der Waals surface area contributed by atoms with Crippen molar-refractivity contribution in [2.24, 2.45) is 0 Å².